The summed E-state index contributed by atoms with van der Waals surface area (Å²) in [6.45, 7) is 6.73. The molecule has 0 radical (unpaired) electrons. The van der Waals surface area contributed by atoms with Gasteiger partial charge in [-0.05, 0) is 30.0 Å². The minimum Gasteiger partial charge on any atom is -0.378 e. The van der Waals surface area contributed by atoms with Gasteiger partial charge in [0.25, 0.3) is 0 Å². The van der Waals surface area contributed by atoms with E-state index in [1.165, 1.54) is 0 Å². The van der Waals surface area contributed by atoms with Crippen LogP contribution < -0.4 is 10.2 Å². The molecule has 0 saturated heterocycles. The molecule has 0 amide bonds. The number of nitrogens with zero attached hydrogens (tertiary/aromatic N) is 4. The number of anilines is 2. The molecule has 0 unspecified atom stereocenters. The number of benzene rings is 1. The Kier molecular flexibility index (Phi) is 4.93. The van der Waals surface area contributed by atoms with E-state index in [2.05, 4.69) is 60.5 Å². The number of aromatic nitrogens is 2. The van der Waals surface area contributed by atoms with Crippen LogP contribution in [0, 0.1) is 29.6 Å². The van der Waals surface area contributed by atoms with Crippen LogP contribution in [0.2, 0.25) is 0 Å². The van der Waals surface area contributed by atoms with E-state index >= 15 is 0 Å². The standard InChI is InChI=1S/C24H29N5O/c1-15-20-21(16-7-9-17(10-8-16)28(4)5)22-18(13-24(2,3)14-19(22)30)26-23(20)29(27-15)12-6-11-25/h7-10,13,21-22,26H,6,12,14H2,1-5H3/t21-,22+/m0/s1. The Balaban J connectivity index is 1.89. The number of nitrogens with one attached hydrogen (secondary N) is 1. The molecule has 1 aromatic carbocycles. The van der Waals surface area contributed by atoms with E-state index in [0.29, 0.717) is 19.4 Å². The SMILES string of the molecule is Cc1nn(CCC#N)c2c1[C@H](c1ccc(N(C)C)cc1)[C@H]1C(=O)CC(C)(C)C=C1N2. The summed E-state index contributed by atoms with van der Waals surface area (Å²) in [6, 6.07) is 10.7. The largest absolute Gasteiger partial charge is 0.378 e. The fourth-order valence-corrected chi connectivity index (χ4v) is 4.83. The molecule has 0 fully saturated rings. The van der Waals surface area contributed by atoms with E-state index in [1.807, 2.05) is 25.7 Å². The van der Waals surface area contributed by atoms with Crippen molar-refractivity contribution < 1.29 is 4.79 Å². The molecule has 0 saturated carbocycles. The van der Waals surface area contributed by atoms with Crippen molar-refractivity contribution in [1.29, 1.82) is 5.26 Å². The van der Waals surface area contributed by atoms with Crippen LogP contribution in [0.25, 0.3) is 0 Å². The van der Waals surface area contributed by atoms with Gasteiger partial charge in [-0.25, -0.2) is 4.68 Å². The number of hydrogen-bond donors (Lipinski definition) is 1. The second kappa shape index (κ2) is 7.32. The summed E-state index contributed by atoms with van der Waals surface area (Å²) >= 11 is 0. The molecule has 2 aromatic rings. The van der Waals surface area contributed by atoms with Crippen molar-refractivity contribution in [2.45, 2.75) is 46.1 Å². The van der Waals surface area contributed by atoms with Gasteiger partial charge in [0.1, 0.15) is 11.6 Å². The van der Waals surface area contributed by atoms with E-state index in [0.717, 1.165) is 34.0 Å². The van der Waals surface area contributed by atoms with Crippen molar-refractivity contribution in [2.24, 2.45) is 11.3 Å². The molecule has 2 heterocycles. The molecule has 1 N–H and O–H groups in total. The van der Waals surface area contributed by atoms with Crippen molar-refractivity contribution in [2.75, 3.05) is 24.3 Å². The third-order valence-electron chi connectivity index (χ3n) is 6.14. The van der Waals surface area contributed by atoms with Gasteiger partial charge >= 0.3 is 0 Å². The van der Waals surface area contributed by atoms with E-state index in [1.54, 1.807) is 0 Å². The van der Waals surface area contributed by atoms with Crippen molar-refractivity contribution in [1.82, 2.24) is 9.78 Å². The molecular weight excluding hydrogens is 374 g/mol. The van der Waals surface area contributed by atoms with Gasteiger partial charge in [-0.2, -0.15) is 10.4 Å². The van der Waals surface area contributed by atoms with Crippen LogP contribution in [-0.4, -0.2) is 29.7 Å². The summed E-state index contributed by atoms with van der Waals surface area (Å²) in [4.78, 5) is 15.4. The number of Topliss-reactive ketones (excluding diaryl/α,β-unsaturated/α-hetero) is 1. The Morgan fingerprint density at radius 2 is 1.97 bits per heavy atom. The number of carbonyl (C=O) groups is 1. The van der Waals surface area contributed by atoms with E-state index in [-0.39, 0.29) is 23.0 Å². The number of carbonyl (C=O) groups excluding carboxylic acids is 1. The van der Waals surface area contributed by atoms with E-state index in [4.69, 9.17) is 10.4 Å². The Morgan fingerprint density at radius 3 is 2.60 bits per heavy atom. The number of nitriles is 1. The average Bonchev–Trinajstić information content (AvgIpc) is 2.99. The van der Waals surface area contributed by atoms with Crippen LogP contribution in [-0.2, 0) is 11.3 Å². The number of fused-ring (bicyclic) bond motifs is 2. The summed E-state index contributed by atoms with van der Waals surface area (Å²) < 4.78 is 1.89. The van der Waals surface area contributed by atoms with Gasteiger partial charge in [-0.1, -0.05) is 32.1 Å². The zero-order valence-electron chi connectivity index (χ0n) is 18.4. The third kappa shape index (κ3) is 3.39. The Labute approximate surface area is 178 Å². The predicted octanol–water partition coefficient (Wildman–Crippen LogP) is 4.23. The summed E-state index contributed by atoms with van der Waals surface area (Å²) in [7, 11) is 4.04. The van der Waals surface area contributed by atoms with Crippen LogP contribution >= 0.6 is 0 Å². The first-order valence-electron chi connectivity index (χ1n) is 10.5. The Hall–Kier alpha value is -3.07. The van der Waals surface area contributed by atoms with Crippen LogP contribution in [0.15, 0.2) is 36.0 Å². The number of aryl methyl sites for hydroxylation is 2. The summed E-state index contributed by atoms with van der Waals surface area (Å²) in [6.07, 6.45) is 3.14. The van der Waals surface area contributed by atoms with Gasteiger partial charge in [0.2, 0.25) is 0 Å². The second-order valence-corrected chi connectivity index (χ2v) is 9.28. The number of hydrogen-bond acceptors (Lipinski definition) is 5. The summed E-state index contributed by atoms with van der Waals surface area (Å²) in [5.41, 5.74) is 5.01. The number of allylic oxidation sites excluding steroid dienone is 2. The van der Waals surface area contributed by atoms with E-state index < -0.39 is 0 Å². The maximum Gasteiger partial charge on any atom is 0.143 e. The third-order valence-corrected chi connectivity index (χ3v) is 6.14. The van der Waals surface area contributed by atoms with Gasteiger partial charge in [0.15, 0.2) is 0 Å². The highest BCUT2D eigenvalue weighted by atomic mass is 16.1. The monoisotopic (exact) mass is 403 g/mol. The molecule has 1 aliphatic carbocycles. The maximum absolute atomic E-state index is 13.3. The van der Waals surface area contributed by atoms with Gasteiger partial charge in [0.05, 0.1) is 30.6 Å². The molecule has 1 aliphatic heterocycles. The highest BCUT2D eigenvalue weighted by molar-refractivity contribution is 5.90. The predicted molar refractivity (Wildman–Crippen MR) is 118 cm³/mol. The minimum absolute atomic E-state index is 0.0804. The quantitative estimate of drug-likeness (QED) is 0.827. The lowest BCUT2D eigenvalue weighted by atomic mass is 9.67. The molecule has 2 aliphatic rings. The van der Waals surface area contributed by atoms with Crippen LogP contribution in [0.3, 0.4) is 0 Å². The van der Waals surface area contributed by atoms with Gasteiger partial charge in [0, 0.05) is 43.4 Å². The zero-order chi connectivity index (χ0) is 21.6. The first-order chi connectivity index (χ1) is 14.2. The molecule has 0 bridgehead atoms. The molecule has 2 atom stereocenters. The number of ketones is 1. The Bertz CT molecular complexity index is 1050. The smallest absolute Gasteiger partial charge is 0.143 e. The Morgan fingerprint density at radius 1 is 1.27 bits per heavy atom. The van der Waals surface area contributed by atoms with Gasteiger partial charge < -0.3 is 10.2 Å². The topological polar surface area (TPSA) is 74.0 Å². The molecule has 6 nitrogen and oxygen atoms in total. The fourth-order valence-electron chi connectivity index (χ4n) is 4.83. The molecule has 156 valence electrons. The molecule has 0 spiro atoms. The van der Waals surface area contributed by atoms with Crippen molar-refractivity contribution in [3.63, 3.8) is 0 Å². The molecule has 6 heteroatoms. The van der Waals surface area contributed by atoms with Crippen LogP contribution in [0.1, 0.15) is 49.4 Å². The zero-order valence-corrected chi connectivity index (χ0v) is 18.4. The second-order valence-electron chi connectivity index (χ2n) is 9.28. The first-order valence-corrected chi connectivity index (χ1v) is 10.5. The lowest BCUT2D eigenvalue weighted by molar-refractivity contribution is -0.124. The van der Waals surface area contributed by atoms with Crippen LogP contribution in [0.4, 0.5) is 11.5 Å². The lowest BCUT2D eigenvalue weighted by Gasteiger charge is -2.40. The fraction of sp³-hybridized carbons (Fsp3) is 0.458. The maximum atomic E-state index is 13.3. The molecule has 4 rings (SSSR count). The number of rotatable bonds is 4. The minimum atomic E-state index is -0.233. The normalized spacial score (nSPS) is 21.7. The van der Waals surface area contributed by atoms with Crippen molar-refractivity contribution in [3.05, 3.63) is 52.9 Å². The van der Waals surface area contributed by atoms with Crippen LogP contribution in [0.5, 0.6) is 0 Å². The first kappa shape index (κ1) is 20.2. The average molecular weight is 404 g/mol. The summed E-state index contributed by atoms with van der Waals surface area (Å²) in [5.74, 6) is 0.866. The van der Waals surface area contributed by atoms with Crippen molar-refractivity contribution in [3.8, 4) is 6.07 Å². The molecular formula is C24H29N5O. The van der Waals surface area contributed by atoms with E-state index in [9.17, 15) is 4.79 Å². The summed E-state index contributed by atoms with van der Waals surface area (Å²) in [5, 5.41) is 17.3. The molecule has 1 aromatic heterocycles. The van der Waals surface area contributed by atoms with Gasteiger partial charge in [-0.3, -0.25) is 4.79 Å². The van der Waals surface area contributed by atoms with Crippen molar-refractivity contribution >= 4 is 17.3 Å². The lowest BCUT2D eigenvalue weighted by Crippen LogP contribution is -2.39. The highest BCUT2D eigenvalue weighted by Gasteiger charge is 2.45. The van der Waals surface area contributed by atoms with Gasteiger partial charge in [-0.15, -0.1) is 0 Å². The molecule has 30 heavy (non-hydrogen) atoms. The highest BCUT2D eigenvalue weighted by Crippen LogP contribution is 2.50.